The van der Waals surface area contributed by atoms with E-state index in [1.54, 1.807) is 18.7 Å². The highest BCUT2D eigenvalue weighted by Gasteiger charge is 2.43. The minimum Gasteiger partial charge on any atom is -0.322 e. The summed E-state index contributed by atoms with van der Waals surface area (Å²) in [4.78, 5) is 27.7. The van der Waals surface area contributed by atoms with Crippen LogP contribution in [-0.2, 0) is 9.59 Å². The summed E-state index contributed by atoms with van der Waals surface area (Å²) < 4.78 is 0. The number of nitrogens with zero attached hydrogens (tertiary/aromatic N) is 1. The van der Waals surface area contributed by atoms with Gasteiger partial charge in [-0.2, -0.15) is 0 Å². The van der Waals surface area contributed by atoms with Crippen molar-refractivity contribution < 1.29 is 9.59 Å². The Morgan fingerprint density at radius 3 is 2.26 bits per heavy atom. The van der Waals surface area contributed by atoms with E-state index < -0.39 is 5.54 Å². The van der Waals surface area contributed by atoms with Gasteiger partial charge in [-0.15, -0.1) is 0 Å². The fraction of sp³-hybridized carbons (Fsp3) is 0.231. The van der Waals surface area contributed by atoms with Crippen molar-refractivity contribution in [2.75, 3.05) is 16.8 Å². The van der Waals surface area contributed by atoms with Gasteiger partial charge < -0.3 is 5.32 Å². The van der Waals surface area contributed by atoms with Crippen molar-refractivity contribution in [3.05, 3.63) is 95.6 Å². The van der Waals surface area contributed by atoms with Crippen molar-refractivity contribution in [1.82, 2.24) is 5.32 Å². The molecule has 31 heavy (non-hydrogen) atoms. The van der Waals surface area contributed by atoms with E-state index in [-0.39, 0.29) is 24.4 Å². The lowest BCUT2D eigenvalue weighted by Gasteiger charge is -2.42. The zero-order chi connectivity index (χ0) is 22.0. The minimum atomic E-state index is -0.987. The zero-order valence-corrected chi connectivity index (χ0v) is 18.1. The summed E-state index contributed by atoms with van der Waals surface area (Å²) in [5.41, 5.74) is 3.73. The van der Waals surface area contributed by atoms with E-state index in [1.165, 1.54) is 5.56 Å². The molecule has 5 heteroatoms. The number of para-hydroxylation sites is 2. The molecule has 0 bridgehead atoms. The fourth-order valence-electron chi connectivity index (χ4n) is 4.00. The second kappa shape index (κ2) is 8.36. The monoisotopic (exact) mass is 413 g/mol. The van der Waals surface area contributed by atoms with Gasteiger partial charge in [0.15, 0.2) is 0 Å². The molecule has 0 fully saturated rings. The normalized spacial score (nSPS) is 15.7. The van der Waals surface area contributed by atoms with Crippen LogP contribution in [0, 0.1) is 6.92 Å². The summed E-state index contributed by atoms with van der Waals surface area (Å²) in [5.74, 6) is -0.349. The van der Waals surface area contributed by atoms with Crippen LogP contribution in [0.15, 0.2) is 78.9 Å². The molecule has 158 valence electrons. The van der Waals surface area contributed by atoms with Gasteiger partial charge in [-0.1, -0.05) is 72.3 Å². The van der Waals surface area contributed by atoms with Gasteiger partial charge >= 0.3 is 0 Å². The molecule has 1 aliphatic heterocycles. The summed E-state index contributed by atoms with van der Waals surface area (Å²) in [6.45, 7) is 5.69. The average molecular weight is 414 g/mol. The number of anilines is 2. The number of carbonyl (C=O) groups is 2. The van der Waals surface area contributed by atoms with Crippen molar-refractivity contribution >= 4 is 23.2 Å². The van der Waals surface area contributed by atoms with Crippen molar-refractivity contribution in [2.45, 2.75) is 32.4 Å². The quantitative estimate of drug-likeness (QED) is 0.650. The highest BCUT2D eigenvalue weighted by molar-refractivity contribution is 6.14. The molecule has 0 aromatic heterocycles. The maximum atomic E-state index is 13.4. The Kier molecular flexibility index (Phi) is 5.61. The van der Waals surface area contributed by atoms with E-state index in [0.717, 1.165) is 11.1 Å². The van der Waals surface area contributed by atoms with Crippen LogP contribution in [0.3, 0.4) is 0 Å². The molecule has 3 aromatic rings. The predicted molar refractivity (Wildman–Crippen MR) is 124 cm³/mol. The average Bonchev–Trinajstić information content (AvgIpc) is 2.76. The molecule has 2 amide bonds. The number of aryl methyl sites for hydroxylation is 1. The van der Waals surface area contributed by atoms with Crippen LogP contribution in [0.25, 0.3) is 0 Å². The summed E-state index contributed by atoms with van der Waals surface area (Å²) >= 11 is 0. The topological polar surface area (TPSA) is 61.4 Å². The van der Waals surface area contributed by atoms with Crippen LogP contribution >= 0.6 is 0 Å². The SMILES string of the molecule is Cc1ccc([C@@H](NCC(=O)N2c3ccccc3NC(=O)C2(C)C)c2ccccc2)cc1. The first-order chi connectivity index (χ1) is 14.9. The number of rotatable bonds is 5. The fourth-order valence-corrected chi connectivity index (χ4v) is 4.00. The molecule has 2 N–H and O–H groups in total. The molecule has 4 rings (SSSR count). The molecule has 0 saturated heterocycles. The Balaban J connectivity index is 1.62. The van der Waals surface area contributed by atoms with Gasteiger partial charge in [0, 0.05) is 0 Å². The van der Waals surface area contributed by atoms with E-state index in [9.17, 15) is 9.59 Å². The number of benzene rings is 3. The molecule has 0 spiro atoms. The largest absolute Gasteiger partial charge is 0.322 e. The highest BCUT2D eigenvalue weighted by atomic mass is 16.2. The van der Waals surface area contributed by atoms with Gasteiger partial charge in [-0.3, -0.25) is 19.8 Å². The van der Waals surface area contributed by atoms with E-state index in [2.05, 4.69) is 54.0 Å². The molecule has 0 saturated carbocycles. The molecule has 1 heterocycles. The first kappa shape index (κ1) is 20.8. The Morgan fingerprint density at radius 2 is 1.55 bits per heavy atom. The molecular formula is C26H27N3O2. The van der Waals surface area contributed by atoms with Gasteiger partial charge in [0.25, 0.3) is 0 Å². The standard InChI is InChI=1S/C26H27N3O2/c1-18-13-15-20(16-14-18)24(19-9-5-4-6-10-19)27-17-23(30)29-22-12-8-7-11-21(22)28-25(31)26(29,2)3/h4-16,24,27H,17H2,1-3H3,(H,28,31)/t24-/m0/s1. The van der Waals surface area contributed by atoms with Crippen molar-refractivity contribution in [3.63, 3.8) is 0 Å². The number of amides is 2. The van der Waals surface area contributed by atoms with Gasteiger partial charge in [-0.05, 0) is 44.0 Å². The van der Waals surface area contributed by atoms with Crippen LogP contribution in [0.4, 0.5) is 11.4 Å². The summed E-state index contributed by atoms with van der Waals surface area (Å²) in [6, 6.07) is 25.6. The van der Waals surface area contributed by atoms with Gasteiger partial charge in [0.2, 0.25) is 11.8 Å². The van der Waals surface area contributed by atoms with Gasteiger partial charge in [0.05, 0.1) is 24.0 Å². The molecule has 5 nitrogen and oxygen atoms in total. The van der Waals surface area contributed by atoms with Crippen LogP contribution in [0.1, 0.15) is 36.6 Å². The second-order valence-corrected chi connectivity index (χ2v) is 8.39. The first-order valence-electron chi connectivity index (χ1n) is 10.5. The van der Waals surface area contributed by atoms with Crippen molar-refractivity contribution in [3.8, 4) is 0 Å². The Bertz CT molecular complexity index is 1090. The second-order valence-electron chi connectivity index (χ2n) is 8.39. The maximum absolute atomic E-state index is 13.4. The third-order valence-corrected chi connectivity index (χ3v) is 5.76. The van der Waals surface area contributed by atoms with Crippen molar-refractivity contribution in [2.24, 2.45) is 0 Å². The number of hydrogen-bond donors (Lipinski definition) is 2. The Labute approximate surface area is 183 Å². The molecule has 0 radical (unpaired) electrons. The Hall–Kier alpha value is -3.44. The van der Waals surface area contributed by atoms with Gasteiger partial charge in [-0.25, -0.2) is 0 Å². The van der Waals surface area contributed by atoms with Crippen molar-refractivity contribution in [1.29, 1.82) is 0 Å². The van der Waals surface area contributed by atoms with Crippen LogP contribution < -0.4 is 15.5 Å². The van der Waals surface area contributed by atoms with Crippen LogP contribution in [-0.4, -0.2) is 23.9 Å². The molecule has 1 aliphatic rings. The lowest BCUT2D eigenvalue weighted by Crippen LogP contribution is -2.60. The van der Waals surface area contributed by atoms with Gasteiger partial charge in [0.1, 0.15) is 5.54 Å². The molecular weight excluding hydrogens is 386 g/mol. The third-order valence-electron chi connectivity index (χ3n) is 5.76. The summed E-state index contributed by atoms with van der Waals surface area (Å²) in [5, 5.41) is 6.33. The molecule has 1 atom stereocenters. The Morgan fingerprint density at radius 1 is 0.935 bits per heavy atom. The lowest BCUT2D eigenvalue weighted by atomic mass is 9.95. The zero-order valence-electron chi connectivity index (χ0n) is 18.1. The summed E-state index contributed by atoms with van der Waals surface area (Å²) in [7, 11) is 0. The lowest BCUT2D eigenvalue weighted by molar-refractivity contribution is -0.126. The molecule has 0 unspecified atom stereocenters. The predicted octanol–water partition coefficient (Wildman–Crippen LogP) is 4.44. The van der Waals surface area contributed by atoms with Crippen LogP contribution in [0.5, 0.6) is 0 Å². The van der Waals surface area contributed by atoms with Crippen LogP contribution in [0.2, 0.25) is 0 Å². The van der Waals surface area contributed by atoms with E-state index >= 15 is 0 Å². The number of nitrogens with one attached hydrogen (secondary N) is 2. The molecule has 0 aliphatic carbocycles. The smallest absolute Gasteiger partial charge is 0.250 e. The minimum absolute atomic E-state index is 0.0957. The van der Waals surface area contributed by atoms with E-state index in [0.29, 0.717) is 11.4 Å². The van der Waals surface area contributed by atoms with E-state index in [1.807, 2.05) is 42.5 Å². The molecule has 3 aromatic carbocycles. The van der Waals surface area contributed by atoms with E-state index in [4.69, 9.17) is 0 Å². The number of carbonyl (C=O) groups excluding carboxylic acids is 2. The summed E-state index contributed by atoms with van der Waals surface area (Å²) in [6.07, 6.45) is 0. The third kappa shape index (κ3) is 4.09. The number of hydrogen-bond acceptors (Lipinski definition) is 3. The first-order valence-corrected chi connectivity index (χ1v) is 10.5. The maximum Gasteiger partial charge on any atom is 0.250 e. The number of fused-ring (bicyclic) bond motifs is 1. The highest BCUT2D eigenvalue weighted by Crippen LogP contribution is 2.36.